The van der Waals surface area contributed by atoms with E-state index in [4.69, 9.17) is 0 Å². The summed E-state index contributed by atoms with van der Waals surface area (Å²) in [6.45, 7) is 0. The lowest BCUT2D eigenvalue weighted by atomic mass is 10.3. The van der Waals surface area contributed by atoms with Crippen molar-refractivity contribution in [2.45, 2.75) is 0 Å². The summed E-state index contributed by atoms with van der Waals surface area (Å²) in [5, 5.41) is 25.0. The molecule has 120 valence electrons. The summed E-state index contributed by atoms with van der Waals surface area (Å²) in [6, 6.07) is 28.8. The van der Waals surface area contributed by atoms with E-state index in [0.717, 1.165) is 0 Å². The normalized spacial score (nSPS) is 11.2. The van der Waals surface area contributed by atoms with Crippen LogP contribution in [0.4, 0.5) is 0 Å². The van der Waals surface area contributed by atoms with E-state index in [1.165, 1.54) is 20.7 Å². The largest absolute Gasteiger partial charge is 0.399 e. The Kier molecular flexibility index (Phi) is 5.77. The first-order chi connectivity index (χ1) is 11.8. The molecular formula is C20H20O2Si2. The van der Waals surface area contributed by atoms with Gasteiger partial charge in [-0.1, -0.05) is 106 Å². The predicted molar refractivity (Wildman–Crippen MR) is 104 cm³/mol. The minimum absolute atomic E-state index is 0.154. The highest BCUT2D eigenvalue weighted by Crippen LogP contribution is 1.95. The van der Waals surface area contributed by atoms with Gasteiger partial charge in [-0.15, -0.1) is 0 Å². The van der Waals surface area contributed by atoms with Crippen LogP contribution in [0.5, 0.6) is 0 Å². The summed E-state index contributed by atoms with van der Waals surface area (Å²) in [7, 11) is -2.52. The number of hydrogen-bond donors (Lipinski definition) is 2. The molecule has 4 heteroatoms. The van der Waals surface area contributed by atoms with E-state index in [1.807, 2.05) is 48.5 Å². The second-order valence-electron chi connectivity index (χ2n) is 5.55. The Morgan fingerprint density at radius 3 is 1.17 bits per heavy atom. The van der Waals surface area contributed by atoms with Crippen molar-refractivity contribution in [1.82, 2.24) is 0 Å². The molecule has 0 fully saturated rings. The average molecular weight is 349 g/mol. The standard InChI is InChI=1S/C20H20O2Si2/c21-15-23(17-9-3-1-4-10-17)19-13-7-8-14-20(19)24(16-22)18-11-5-2-6-12-18/h1-14,21-22H,15-16H2. The van der Waals surface area contributed by atoms with E-state index >= 15 is 0 Å². The average Bonchev–Trinajstić information content (AvgIpc) is 2.66. The molecule has 3 aromatic carbocycles. The highest BCUT2D eigenvalue weighted by Gasteiger charge is 2.25. The summed E-state index contributed by atoms with van der Waals surface area (Å²) in [6.07, 6.45) is 0.308. The van der Waals surface area contributed by atoms with Crippen LogP contribution >= 0.6 is 0 Å². The van der Waals surface area contributed by atoms with E-state index in [0.29, 0.717) is 0 Å². The van der Waals surface area contributed by atoms with Gasteiger partial charge in [-0.05, 0) is 0 Å². The molecule has 0 amide bonds. The second-order valence-corrected chi connectivity index (χ2v) is 10.3. The van der Waals surface area contributed by atoms with E-state index in [9.17, 15) is 10.2 Å². The van der Waals surface area contributed by atoms with Crippen molar-refractivity contribution in [1.29, 1.82) is 0 Å². The number of hydrogen-bond acceptors (Lipinski definition) is 2. The molecule has 0 bridgehead atoms. The van der Waals surface area contributed by atoms with Crippen LogP contribution in [0, 0.1) is 0 Å². The van der Waals surface area contributed by atoms with E-state index in [1.54, 1.807) is 0 Å². The first-order valence-electron chi connectivity index (χ1n) is 7.99. The highest BCUT2D eigenvalue weighted by atomic mass is 28.3. The van der Waals surface area contributed by atoms with Gasteiger partial charge in [-0.3, -0.25) is 0 Å². The fraction of sp³-hybridized carbons (Fsp3) is 0.100. The van der Waals surface area contributed by atoms with Gasteiger partial charge in [-0.2, -0.15) is 0 Å². The fourth-order valence-corrected chi connectivity index (χ4v) is 7.79. The van der Waals surface area contributed by atoms with Crippen LogP contribution < -0.4 is 20.7 Å². The van der Waals surface area contributed by atoms with Crippen LogP contribution in [0.1, 0.15) is 0 Å². The molecule has 0 saturated carbocycles. The molecule has 0 aliphatic heterocycles. The lowest BCUT2D eigenvalue weighted by molar-refractivity contribution is 0.364. The van der Waals surface area contributed by atoms with Gasteiger partial charge in [0.1, 0.15) is 17.6 Å². The molecule has 2 radical (unpaired) electrons. The molecular weight excluding hydrogens is 328 g/mol. The molecule has 0 saturated heterocycles. The van der Waals surface area contributed by atoms with Crippen LogP contribution in [0.2, 0.25) is 0 Å². The van der Waals surface area contributed by atoms with Gasteiger partial charge in [0.2, 0.25) is 0 Å². The molecule has 0 heterocycles. The maximum absolute atomic E-state index is 10.1. The maximum Gasteiger partial charge on any atom is 0.150 e. The third-order valence-corrected chi connectivity index (χ3v) is 9.25. The molecule has 2 nitrogen and oxygen atoms in total. The zero-order chi connectivity index (χ0) is 16.8. The molecule has 0 aromatic heterocycles. The molecule has 24 heavy (non-hydrogen) atoms. The van der Waals surface area contributed by atoms with Crippen LogP contribution in [0.15, 0.2) is 84.9 Å². The monoisotopic (exact) mass is 348 g/mol. The zero-order valence-electron chi connectivity index (χ0n) is 13.4. The fourth-order valence-electron chi connectivity index (χ4n) is 2.95. The van der Waals surface area contributed by atoms with Gasteiger partial charge >= 0.3 is 0 Å². The number of benzene rings is 3. The van der Waals surface area contributed by atoms with Crippen LogP contribution in [-0.2, 0) is 0 Å². The molecule has 3 aromatic rings. The Morgan fingerprint density at radius 1 is 0.500 bits per heavy atom. The summed E-state index contributed by atoms with van der Waals surface area (Å²) in [5.41, 5.74) is 0. The Balaban J connectivity index is 2.07. The van der Waals surface area contributed by atoms with Crippen molar-refractivity contribution in [2.24, 2.45) is 0 Å². The van der Waals surface area contributed by atoms with Crippen molar-refractivity contribution in [3.05, 3.63) is 84.9 Å². The van der Waals surface area contributed by atoms with Crippen LogP contribution in [0.3, 0.4) is 0 Å². The third-order valence-electron chi connectivity index (χ3n) is 4.14. The third kappa shape index (κ3) is 3.57. The van der Waals surface area contributed by atoms with Gasteiger partial charge in [-0.25, -0.2) is 0 Å². The Hall–Kier alpha value is -1.99. The topological polar surface area (TPSA) is 40.5 Å². The lowest BCUT2D eigenvalue weighted by Crippen LogP contribution is -2.59. The lowest BCUT2D eigenvalue weighted by Gasteiger charge is -2.21. The molecule has 0 atom stereocenters. The van der Waals surface area contributed by atoms with Crippen molar-refractivity contribution in [3.8, 4) is 0 Å². The van der Waals surface area contributed by atoms with Gasteiger partial charge < -0.3 is 10.2 Å². The quantitative estimate of drug-likeness (QED) is 0.614. The summed E-state index contributed by atoms with van der Waals surface area (Å²) < 4.78 is 0. The van der Waals surface area contributed by atoms with Gasteiger partial charge in [0.05, 0.1) is 0 Å². The first kappa shape index (κ1) is 16.9. The molecule has 0 aliphatic rings. The Bertz CT molecular complexity index is 696. The Labute approximate surface area is 146 Å². The van der Waals surface area contributed by atoms with E-state index in [2.05, 4.69) is 36.4 Å². The molecule has 0 unspecified atom stereocenters. The summed E-state index contributed by atoms with van der Waals surface area (Å²) in [5.74, 6) is 0. The number of aliphatic hydroxyl groups is 2. The van der Waals surface area contributed by atoms with E-state index < -0.39 is 17.6 Å². The number of rotatable bonds is 6. The zero-order valence-corrected chi connectivity index (χ0v) is 15.4. The Morgan fingerprint density at radius 2 is 0.833 bits per heavy atom. The summed E-state index contributed by atoms with van der Waals surface area (Å²) in [4.78, 5) is 0. The van der Waals surface area contributed by atoms with Gasteiger partial charge in [0.15, 0.2) is 0 Å². The van der Waals surface area contributed by atoms with Crippen molar-refractivity contribution < 1.29 is 10.2 Å². The van der Waals surface area contributed by atoms with Gasteiger partial charge in [0, 0.05) is 12.5 Å². The van der Waals surface area contributed by atoms with Crippen LogP contribution in [-0.4, -0.2) is 40.3 Å². The predicted octanol–water partition coefficient (Wildman–Crippen LogP) is -0.0324. The molecule has 3 rings (SSSR count). The van der Waals surface area contributed by atoms with Crippen molar-refractivity contribution in [3.63, 3.8) is 0 Å². The second kappa shape index (κ2) is 8.21. The molecule has 0 spiro atoms. The minimum Gasteiger partial charge on any atom is -0.399 e. The SMILES string of the molecule is OC[Si](c1ccccc1)c1ccccc1[Si](CO)c1ccccc1. The van der Waals surface area contributed by atoms with Gasteiger partial charge in [0.25, 0.3) is 0 Å². The molecule has 0 aliphatic carbocycles. The van der Waals surface area contributed by atoms with E-state index in [-0.39, 0.29) is 12.5 Å². The van der Waals surface area contributed by atoms with Crippen molar-refractivity contribution in [2.75, 3.05) is 12.5 Å². The minimum atomic E-state index is -1.26. The van der Waals surface area contributed by atoms with Crippen molar-refractivity contribution >= 4 is 38.3 Å². The molecule has 2 N–H and O–H groups in total. The highest BCUT2D eigenvalue weighted by molar-refractivity contribution is 6.94. The first-order valence-corrected chi connectivity index (χ1v) is 11.4. The summed E-state index contributed by atoms with van der Waals surface area (Å²) >= 11 is 0. The van der Waals surface area contributed by atoms with Crippen LogP contribution in [0.25, 0.3) is 0 Å². The number of aliphatic hydroxyl groups excluding tert-OH is 2. The smallest absolute Gasteiger partial charge is 0.150 e. The maximum atomic E-state index is 10.1.